The first-order valence-electron chi connectivity index (χ1n) is 3.96. The van der Waals surface area contributed by atoms with Gasteiger partial charge in [0.25, 0.3) is 5.69 Å². The summed E-state index contributed by atoms with van der Waals surface area (Å²) in [5.74, 6) is -0.366. The molecule has 1 aromatic carbocycles. The van der Waals surface area contributed by atoms with Crippen LogP contribution in [0.4, 0.5) is 5.69 Å². The van der Waals surface area contributed by atoms with E-state index in [1.54, 1.807) is 19.1 Å². The number of nitrogens with zero attached hydrogens (tertiary/aromatic N) is 1. The first-order chi connectivity index (χ1) is 6.52. The number of hydrogen-bond donors (Lipinski definition) is 0. The van der Waals surface area contributed by atoms with Crippen LogP contribution in [0.5, 0.6) is 0 Å². The molecule has 1 unspecified atom stereocenters. The van der Waals surface area contributed by atoms with Gasteiger partial charge >= 0.3 is 0 Å². The van der Waals surface area contributed by atoms with E-state index < -0.39 is 4.92 Å². The van der Waals surface area contributed by atoms with Gasteiger partial charge in [0.2, 0.25) is 4.69 Å². The summed E-state index contributed by atoms with van der Waals surface area (Å²) < 4.78 is -0.182. The molecule has 0 aliphatic rings. The second-order valence-corrected chi connectivity index (χ2v) is 3.66. The first kappa shape index (κ1) is 10.8. The van der Waals surface area contributed by atoms with Gasteiger partial charge in [0, 0.05) is 12.1 Å². The molecule has 1 atom stereocenters. The summed E-state index contributed by atoms with van der Waals surface area (Å²) in [4.78, 5) is 20.9. The summed E-state index contributed by atoms with van der Waals surface area (Å²) in [5, 5.41) is 10.5. The molecule has 1 rings (SSSR count). The zero-order valence-electron chi connectivity index (χ0n) is 7.44. The predicted octanol–water partition coefficient (Wildman–Crippen LogP) is 2.62. The van der Waals surface area contributed by atoms with Crippen molar-refractivity contribution in [1.29, 1.82) is 0 Å². The minimum absolute atomic E-state index is 0.00287. The van der Waals surface area contributed by atoms with Gasteiger partial charge in [-0.05, 0) is 21.5 Å². The maximum atomic E-state index is 11.0. The van der Waals surface area contributed by atoms with Gasteiger partial charge in [-0.2, -0.15) is 0 Å². The van der Waals surface area contributed by atoms with Gasteiger partial charge in [-0.25, -0.2) is 0 Å². The number of non-ortho nitro benzene ring substituents is 1. The van der Waals surface area contributed by atoms with Crippen LogP contribution in [0.1, 0.15) is 18.4 Å². The molecule has 0 spiro atoms. The molecule has 0 aromatic heterocycles. The van der Waals surface area contributed by atoms with E-state index in [4.69, 9.17) is 0 Å². The third-order valence-electron chi connectivity index (χ3n) is 1.92. The normalized spacial score (nSPS) is 12.1. The molecule has 0 bridgehead atoms. The van der Waals surface area contributed by atoms with Crippen LogP contribution in [0.2, 0.25) is 0 Å². The highest BCUT2D eigenvalue weighted by atomic mass is 79.9. The molecular weight excluding hydrogens is 250 g/mol. The molecule has 1 aromatic rings. The molecule has 0 heterocycles. The largest absolute Gasteiger partial charge is 0.286 e. The lowest BCUT2D eigenvalue weighted by Gasteiger charge is -2.05. The Kier molecular flexibility index (Phi) is 3.35. The van der Waals surface area contributed by atoms with Gasteiger partial charge in [-0.1, -0.05) is 19.1 Å². The molecule has 0 N–H and O–H groups in total. The topological polar surface area (TPSA) is 60.2 Å². The zero-order chi connectivity index (χ0) is 10.7. The Morgan fingerprint density at radius 3 is 2.71 bits per heavy atom. The molecule has 0 radical (unpaired) electrons. The third kappa shape index (κ3) is 2.38. The van der Waals surface area contributed by atoms with Crippen LogP contribution < -0.4 is 0 Å². The van der Waals surface area contributed by atoms with Crippen LogP contribution >= 0.6 is 15.9 Å². The minimum Gasteiger partial charge on any atom is -0.286 e. The van der Waals surface area contributed by atoms with Crippen molar-refractivity contribution in [3.8, 4) is 0 Å². The lowest BCUT2D eigenvalue weighted by molar-refractivity contribution is -0.384. The van der Waals surface area contributed by atoms with E-state index in [1.165, 1.54) is 12.1 Å². The molecule has 4 nitrogen and oxygen atoms in total. The standard InChI is InChI=1S/C9H8BrNO3/c1-6(9(10)12)7-3-2-4-8(5-7)11(13)14/h2-6H,1H3. The summed E-state index contributed by atoms with van der Waals surface area (Å²) >= 11 is 2.83. The summed E-state index contributed by atoms with van der Waals surface area (Å²) in [6.07, 6.45) is 0. The van der Waals surface area contributed by atoms with E-state index in [-0.39, 0.29) is 16.3 Å². The van der Waals surface area contributed by atoms with Crippen LogP contribution in [0.15, 0.2) is 24.3 Å². The zero-order valence-corrected chi connectivity index (χ0v) is 9.02. The third-order valence-corrected chi connectivity index (χ3v) is 2.61. The number of rotatable bonds is 3. The average Bonchev–Trinajstić information content (AvgIpc) is 2.16. The predicted molar refractivity (Wildman–Crippen MR) is 55.4 cm³/mol. The van der Waals surface area contributed by atoms with Crippen LogP contribution in [0.3, 0.4) is 0 Å². The molecule has 14 heavy (non-hydrogen) atoms. The quantitative estimate of drug-likeness (QED) is 0.475. The summed E-state index contributed by atoms with van der Waals surface area (Å²) in [6, 6.07) is 6.06. The Balaban J connectivity index is 3.05. The van der Waals surface area contributed by atoms with Gasteiger partial charge in [0.1, 0.15) is 0 Å². The van der Waals surface area contributed by atoms with E-state index in [0.717, 1.165) is 0 Å². The molecule has 0 amide bonds. The highest BCUT2D eigenvalue weighted by molar-refractivity contribution is 9.18. The smallest absolute Gasteiger partial charge is 0.269 e. The maximum absolute atomic E-state index is 11.0. The summed E-state index contributed by atoms with van der Waals surface area (Å²) in [6.45, 7) is 1.69. The first-order valence-corrected chi connectivity index (χ1v) is 4.75. The lowest BCUT2D eigenvalue weighted by Crippen LogP contribution is -2.01. The fourth-order valence-electron chi connectivity index (χ4n) is 1.04. The molecule has 0 fully saturated rings. The van der Waals surface area contributed by atoms with Gasteiger partial charge < -0.3 is 0 Å². The van der Waals surface area contributed by atoms with E-state index in [9.17, 15) is 14.9 Å². The number of nitro groups is 1. The van der Waals surface area contributed by atoms with Crippen molar-refractivity contribution in [3.05, 3.63) is 39.9 Å². The van der Waals surface area contributed by atoms with Crippen LogP contribution in [-0.4, -0.2) is 9.62 Å². The highest BCUT2D eigenvalue weighted by Gasteiger charge is 2.14. The average molecular weight is 258 g/mol. The van der Waals surface area contributed by atoms with Crippen molar-refractivity contribution in [2.45, 2.75) is 12.8 Å². The highest BCUT2D eigenvalue weighted by Crippen LogP contribution is 2.22. The Morgan fingerprint density at radius 2 is 2.21 bits per heavy atom. The van der Waals surface area contributed by atoms with Crippen molar-refractivity contribution in [1.82, 2.24) is 0 Å². The molecule has 0 saturated carbocycles. The van der Waals surface area contributed by atoms with E-state index in [1.807, 2.05) is 0 Å². The van der Waals surface area contributed by atoms with Crippen molar-refractivity contribution in [2.75, 3.05) is 0 Å². The lowest BCUT2D eigenvalue weighted by atomic mass is 10.0. The van der Waals surface area contributed by atoms with Crippen molar-refractivity contribution in [3.63, 3.8) is 0 Å². The number of carbonyl (C=O) groups is 1. The number of benzene rings is 1. The summed E-state index contributed by atoms with van der Waals surface area (Å²) in [5.41, 5.74) is 0.643. The van der Waals surface area contributed by atoms with E-state index >= 15 is 0 Å². The minimum atomic E-state index is -0.477. The Labute approximate surface area is 89.2 Å². The monoisotopic (exact) mass is 257 g/mol. The second kappa shape index (κ2) is 4.32. The van der Waals surface area contributed by atoms with Gasteiger partial charge in [-0.15, -0.1) is 0 Å². The molecular formula is C9H8BrNO3. The van der Waals surface area contributed by atoms with E-state index in [2.05, 4.69) is 15.9 Å². The van der Waals surface area contributed by atoms with Gasteiger partial charge in [-0.3, -0.25) is 14.9 Å². The van der Waals surface area contributed by atoms with Gasteiger partial charge in [0.05, 0.1) is 10.8 Å². The SMILES string of the molecule is CC(C(=O)Br)c1cccc([N+](=O)[O-])c1. The molecule has 74 valence electrons. The van der Waals surface area contributed by atoms with Crippen molar-refractivity contribution < 1.29 is 9.72 Å². The Bertz CT molecular complexity index is 378. The molecule has 0 aliphatic heterocycles. The number of halogens is 1. The number of hydrogen-bond acceptors (Lipinski definition) is 3. The molecule has 5 heteroatoms. The van der Waals surface area contributed by atoms with Crippen LogP contribution in [-0.2, 0) is 4.79 Å². The second-order valence-electron chi connectivity index (χ2n) is 2.88. The molecule has 0 aliphatic carbocycles. The van der Waals surface area contributed by atoms with Crippen LogP contribution in [0, 0.1) is 10.1 Å². The molecule has 0 saturated heterocycles. The summed E-state index contributed by atoms with van der Waals surface area (Å²) in [7, 11) is 0. The van der Waals surface area contributed by atoms with Crippen molar-refractivity contribution >= 4 is 26.3 Å². The number of carbonyl (C=O) groups excluding carboxylic acids is 1. The number of nitro benzene ring substituents is 1. The Morgan fingerprint density at radius 1 is 1.57 bits per heavy atom. The van der Waals surface area contributed by atoms with E-state index in [0.29, 0.717) is 5.56 Å². The fraction of sp³-hybridized carbons (Fsp3) is 0.222. The maximum Gasteiger partial charge on any atom is 0.269 e. The van der Waals surface area contributed by atoms with Crippen molar-refractivity contribution in [2.24, 2.45) is 0 Å². The van der Waals surface area contributed by atoms with Crippen LogP contribution in [0.25, 0.3) is 0 Å². The fourth-order valence-corrected chi connectivity index (χ4v) is 1.30. The Hall–Kier alpha value is -1.23. The van der Waals surface area contributed by atoms with Gasteiger partial charge in [0.15, 0.2) is 0 Å².